The number of hydrogen-bond donors (Lipinski definition) is 2. The van der Waals surface area contributed by atoms with Crippen LogP contribution in [0.15, 0.2) is 0 Å². The van der Waals surface area contributed by atoms with Gasteiger partial charge in [-0.05, 0) is 25.3 Å². The highest BCUT2D eigenvalue weighted by Crippen LogP contribution is 2.10. The summed E-state index contributed by atoms with van der Waals surface area (Å²) in [7, 11) is -1.10. The van der Waals surface area contributed by atoms with Crippen molar-refractivity contribution < 1.29 is 4.79 Å². The Kier molecular flexibility index (Phi) is 7.20. The van der Waals surface area contributed by atoms with Crippen LogP contribution < -0.4 is 11.1 Å². The molecule has 0 saturated heterocycles. The van der Waals surface area contributed by atoms with Crippen molar-refractivity contribution in [2.45, 2.75) is 65.0 Å². The Balaban J connectivity index is 4.08. The van der Waals surface area contributed by atoms with E-state index in [0.29, 0.717) is 5.92 Å². The number of rotatable bonds is 8. The van der Waals surface area contributed by atoms with Crippen LogP contribution >= 0.6 is 0 Å². The van der Waals surface area contributed by atoms with Crippen molar-refractivity contribution >= 4 is 13.9 Å². The SMILES string of the molecule is CC(=O)[C@H](CC(C)C)NC[C@@H](N)C[Si](C)(C)C. The van der Waals surface area contributed by atoms with Crippen molar-refractivity contribution in [1.82, 2.24) is 5.32 Å². The molecule has 0 aliphatic heterocycles. The lowest BCUT2D eigenvalue weighted by atomic mass is 10.0. The summed E-state index contributed by atoms with van der Waals surface area (Å²) in [5.74, 6) is 0.753. The van der Waals surface area contributed by atoms with Crippen molar-refractivity contribution in [3.8, 4) is 0 Å². The molecule has 3 N–H and O–H groups in total. The zero-order valence-electron chi connectivity index (χ0n) is 12.3. The number of carbonyl (C=O) groups is 1. The van der Waals surface area contributed by atoms with Gasteiger partial charge in [0.15, 0.2) is 0 Å². The molecular formula is C13H30N2OSi. The Hall–Kier alpha value is -0.193. The number of carbonyl (C=O) groups excluding carboxylic acids is 1. The van der Waals surface area contributed by atoms with Gasteiger partial charge in [0.25, 0.3) is 0 Å². The molecule has 0 spiro atoms. The summed E-state index contributed by atoms with van der Waals surface area (Å²) >= 11 is 0. The van der Waals surface area contributed by atoms with Crippen LogP contribution in [0.5, 0.6) is 0 Å². The van der Waals surface area contributed by atoms with E-state index in [-0.39, 0.29) is 17.9 Å². The number of ketones is 1. The maximum Gasteiger partial charge on any atom is 0.146 e. The Morgan fingerprint density at radius 2 is 1.82 bits per heavy atom. The molecule has 0 unspecified atom stereocenters. The average molecular weight is 258 g/mol. The van der Waals surface area contributed by atoms with Crippen LogP contribution in [0, 0.1) is 5.92 Å². The minimum absolute atomic E-state index is 0.0253. The highest BCUT2D eigenvalue weighted by atomic mass is 28.3. The maximum absolute atomic E-state index is 11.5. The van der Waals surface area contributed by atoms with Gasteiger partial charge in [-0.2, -0.15) is 0 Å². The Labute approximate surface area is 108 Å². The third kappa shape index (κ3) is 9.50. The van der Waals surface area contributed by atoms with Crippen LogP contribution in [0.1, 0.15) is 27.2 Å². The summed E-state index contributed by atoms with van der Waals surface area (Å²) in [5, 5.41) is 3.32. The average Bonchev–Trinajstić information content (AvgIpc) is 2.08. The van der Waals surface area contributed by atoms with Gasteiger partial charge in [0.1, 0.15) is 5.78 Å². The predicted octanol–water partition coefficient (Wildman–Crippen LogP) is 2.25. The fourth-order valence-electron chi connectivity index (χ4n) is 2.02. The van der Waals surface area contributed by atoms with Crippen molar-refractivity contribution in [2.24, 2.45) is 11.7 Å². The Morgan fingerprint density at radius 1 is 1.29 bits per heavy atom. The number of nitrogens with two attached hydrogens (primary N) is 1. The fourth-order valence-corrected chi connectivity index (χ4v) is 3.73. The van der Waals surface area contributed by atoms with Gasteiger partial charge in [0.05, 0.1) is 6.04 Å². The van der Waals surface area contributed by atoms with E-state index in [1.54, 1.807) is 6.92 Å². The molecule has 0 aliphatic carbocycles. The molecule has 0 radical (unpaired) electrons. The van der Waals surface area contributed by atoms with E-state index in [2.05, 4.69) is 38.8 Å². The minimum atomic E-state index is -1.10. The van der Waals surface area contributed by atoms with E-state index in [9.17, 15) is 4.79 Å². The van der Waals surface area contributed by atoms with Crippen LogP contribution in [0.3, 0.4) is 0 Å². The summed E-state index contributed by atoms with van der Waals surface area (Å²) < 4.78 is 0. The highest BCUT2D eigenvalue weighted by molar-refractivity contribution is 6.76. The van der Waals surface area contributed by atoms with Crippen molar-refractivity contribution in [1.29, 1.82) is 0 Å². The van der Waals surface area contributed by atoms with Crippen LogP contribution in [-0.2, 0) is 4.79 Å². The Morgan fingerprint density at radius 3 is 2.18 bits per heavy atom. The molecule has 0 bridgehead atoms. The second kappa shape index (κ2) is 7.29. The number of hydrogen-bond acceptors (Lipinski definition) is 3. The first-order valence-corrected chi connectivity index (χ1v) is 10.3. The summed E-state index contributed by atoms with van der Waals surface area (Å²) in [5.41, 5.74) is 6.10. The fraction of sp³-hybridized carbons (Fsp3) is 0.923. The molecule has 0 rings (SSSR count). The first-order valence-electron chi connectivity index (χ1n) is 6.61. The lowest BCUT2D eigenvalue weighted by Gasteiger charge is -2.24. The zero-order chi connectivity index (χ0) is 13.6. The third-order valence-corrected chi connectivity index (χ3v) is 4.45. The van der Waals surface area contributed by atoms with Gasteiger partial charge in [-0.1, -0.05) is 33.5 Å². The first kappa shape index (κ1) is 16.8. The van der Waals surface area contributed by atoms with Gasteiger partial charge < -0.3 is 11.1 Å². The topological polar surface area (TPSA) is 55.1 Å². The van der Waals surface area contributed by atoms with Gasteiger partial charge in [-0.25, -0.2) is 0 Å². The second-order valence-corrected chi connectivity index (χ2v) is 12.3. The molecule has 0 fully saturated rings. The van der Waals surface area contributed by atoms with Crippen molar-refractivity contribution in [2.75, 3.05) is 6.54 Å². The molecule has 0 saturated carbocycles. The molecule has 17 heavy (non-hydrogen) atoms. The van der Waals surface area contributed by atoms with Gasteiger partial charge in [-0.3, -0.25) is 4.79 Å². The summed E-state index contributed by atoms with van der Waals surface area (Å²) in [6, 6.07) is 1.25. The predicted molar refractivity (Wildman–Crippen MR) is 78.1 cm³/mol. The van der Waals surface area contributed by atoms with E-state index >= 15 is 0 Å². The first-order chi connectivity index (χ1) is 7.61. The molecule has 0 aromatic carbocycles. The largest absolute Gasteiger partial charge is 0.327 e. The highest BCUT2D eigenvalue weighted by Gasteiger charge is 2.20. The van der Waals surface area contributed by atoms with Crippen LogP contribution in [-0.4, -0.2) is 32.5 Å². The van der Waals surface area contributed by atoms with E-state index in [4.69, 9.17) is 5.73 Å². The van der Waals surface area contributed by atoms with Gasteiger partial charge in [0.2, 0.25) is 0 Å². The number of nitrogens with one attached hydrogen (secondary N) is 1. The van der Waals surface area contributed by atoms with Gasteiger partial charge in [-0.15, -0.1) is 0 Å². The Bertz CT molecular complexity index is 236. The lowest BCUT2D eigenvalue weighted by molar-refractivity contribution is -0.119. The van der Waals surface area contributed by atoms with E-state index in [0.717, 1.165) is 19.0 Å². The van der Waals surface area contributed by atoms with E-state index in [1.165, 1.54) is 0 Å². The van der Waals surface area contributed by atoms with Crippen molar-refractivity contribution in [3.05, 3.63) is 0 Å². The smallest absolute Gasteiger partial charge is 0.146 e. The zero-order valence-corrected chi connectivity index (χ0v) is 13.3. The molecule has 0 aromatic rings. The number of Topliss-reactive ketones (excluding diaryl/α,β-unsaturated/α-hetero) is 1. The lowest BCUT2D eigenvalue weighted by Crippen LogP contribution is -2.45. The normalized spacial score (nSPS) is 16.0. The summed E-state index contributed by atoms with van der Waals surface area (Å²) in [4.78, 5) is 11.5. The molecule has 0 amide bonds. The van der Waals surface area contributed by atoms with Crippen LogP contribution in [0.4, 0.5) is 0 Å². The van der Waals surface area contributed by atoms with E-state index in [1.807, 2.05) is 0 Å². The monoisotopic (exact) mass is 258 g/mol. The van der Waals surface area contributed by atoms with Gasteiger partial charge in [0, 0.05) is 20.7 Å². The molecule has 4 heteroatoms. The molecule has 0 aliphatic rings. The molecule has 0 aromatic heterocycles. The minimum Gasteiger partial charge on any atom is -0.327 e. The van der Waals surface area contributed by atoms with Crippen LogP contribution in [0.2, 0.25) is 25.7 Å². The maximum atomic E-state index is 11.5. The quantitative estimate of drug-likeness (QED) is 0.657. The summed E-state index contributed by atoms with van der Waals surface area (Å²) in [6.07, 6.45) is 0.898. The summed E-state index contributed by atoms with van der Waals surface area (Å²) in [6.45, 7) is 13.7. The molecule has 102 valence electrons. The van der Waals surface area contributed by atoms with Crippen molar-refractivity contribution in [3.63, 3.8) is 0 Å². The third-order valence-electron chi connectivity index (χ3n) is 2.70. The van der Waals surface area contributed by atoms with Crippen LogP contribution in [0.25, 0.3) is 0 Å². The molecular weight excluding hydrogens is 228 g/mol. The molecule has 3 nitrogen and oxygen atoms in total. The second-order valence-electron chi connectivity index (χ2n) is 6.73. The van der Waals surface area contributed by atoms with Gasteiger partial charge >= 0.3 is 0 Å². The van der Waals surface area contributed by atoms with E-state index < -0.39 is 8.07 Å². The molecule has 0 heterocycles. The molecule has 2 atom stereocenters. The standard InChI is InChI=1S/C13H30N2OSi/c1-10(2)7-13(11(3)16)15-8-12(14)9-17(4,5)6/h10,12-13,15H,7-9,14H2,1-6H3/t12-,13+/m1/s1.